The topological polar surface area (TPSA) is 26.3 Å². The number of rotatable bonds is 3. The maximum absolute atomic E-state index is 13.4. The Hall–Kier alpha value is -2.16. The summed E-state index contributed by atoms with van der Waals surface area (Å²) >= 11 is 0. The fourth-order valence-corrected chi connectivity index (χ4v) is 2.30. The van der Waals surface area contributed by atoms with Gasteiger partial charge >= 0.3 is 0 Å². The van der Waals surface area contributed by atoms with E-state index in [4.69, 9.17) is 4.74 Å². The van der Waals surface area contributed by atoms with Crippen LogP contribution in [-0.4, -0.2) is 5.78 Å². The summed E-state index contributed by atoms with van der Waals surface area (Å²) < 4.78 is 19.0. The number of halogens is 1. The van der Waals surface area contributed by atoms with Crippen molar-refractivity contribution < 1.29 is 13.9 Å². The van der Waals surface area contributed by atoms with Crippen LogP contribution in [0, 0.1) is 5.82 Å². The summed E-state index contributed by atoms with van der Waals surface area (Å²) in [5.41, 5.74) is 2.34. The fraction of sp³-hybridized carbons (Fsp3) is 0.188. The molecule has 0 N–H and O–H groups in total. The van der Waals surface area contributed by atoms with Gasteiger partial charge in [-0.3, -0.25) is 4.79 Å². The van der Waals surface area contributed by atoms with Gasteiger partial charge in [0.2, 0.25) is 0 Å². The van der Waals surface area contributed by atoms with E-state index in [1.807, 2.05) is 6.07 Å². The molecule has 2 aromatic rings. The molecule has 0 spiro atoms. The van der Waals surface area contributed by atoms with Crippen LogP contribution >= 0.6 is 0 Å². The summed E-state index contributed by atoms with van der Waals surface area (Å²) in [7, 11) is 0. The Morgan fingerprint density at radius 3 is 2.79 bits per heavy atom. The number of carbonyl (C=O) groups excluding carboxylic acids is 1. The van der Waals surface area contributed by atoms with Crippen molar-refractivity contribution in [3.63, 3.8) is 0 Å². The minimum atomic E-state index is -0.265. The fourth-order valence-electron chi connectivity index (χ4n) is 2.30. The molecule has 0 atom stereocenters. The highest BCUT2D eigenvalue weighted by molar-refractivity contribution is 6.00. The van der Waals surface area contributed by atoms with Gasteiger partial charge in [0.25, 0.3) is 0 Å². The molecule has 0 aromatic heterocycles. The third-order valence-corrected chi connectivity index (χ3v) is 3.35. The van der Waals surface area contributed by atoms with Crippen molar-refractivity contribution in [2.45, 2.75) is 19.4 Å². The van der Waals surface area contributed by atoms with Gasteiger partial charge in [0.15, 0.2) is 5.78 Å². The second-order valence-corrected chi connectivity index (χ2v) is 4.62. The van der Waals surface area contributed by atoms with Crippen LogP contribution in [0.25, 0.3) is 0 Å². The first-order valence-corrected chi connectivity index (χ1v) is 6.26. The molecule has 96 valence electrons. The van der Waals surface area contributed by atoms with Crippen molar-refractivity contribution in [3.8, 4) is 5.75 Å². The number of aryl methyl sites for hydroxylation is 1. The van der Waals surface area contributed by atoms with Gasteiger partial charge in [-0.1, -0.05) is 18.2 Å². The summed E-state index contributed by atoms with van der Waals surface area (Å²) in [6.07, 6.45) is 1.34. The zero-order valence-electron chi connectivity index (χ0n) is 10.4. The number of ether oxygens (including phenoxy) is 1. The smallest absolute Gasteiger partial charge is 0.163 e. The molecule has 0 radical (unpaired) electrons. The van der Waals surface area contributed by atoms with E-state index >= 15 is 0 Å². The quantitative estimate of drug-likeness (QED) is 0.839. The number of ketones is 1. The zero-order valence-corrected chi connectivity index (χ0v) is 10.4. The first-order valence-electron chi connectivity index (χ1n) is 6.26. The third kappa shape index (κ3) is 2.36. The van der Waals surface area contributed by atoms with Gasteiger partial charge < -0.3 is 4.74 Å². The van der Waals surface area contributed by atoms with Crippen LogP contribution < -0.4 is 4.74 Å². The van der Waals surface area contributed by atoms with Crippen LogP contribution in [0.1, 0.15) is 27.9 Å². The molecule has 0 unspecified atom stereocenters. The Balaban J connectivity index is 1.75. The number of hydrogen-bond donors (Lipinski definition) is 0. The summed E-state index contributed by atoms with van der Waals surface area (Å²) in [5, 5.41) is 0. The van der Waals surface area contributed by atoms with Crippen LogP contribution in [-0.2, 0) is 13.0 Å². The van der Waals surface area contributed by atoms with E-state index in [2.05, 4.69) is 0 Å². The maximum Gasteiger partial charge on any atom is 0.163 e. The summed E-state index contributed by atoms with van der Waals surface area (Å²) in [4.78, 5) is 11.5. The molecule has 0 bridgehead atoms. The van der Waals surface area contributed by atoms with Crippen molar-refractivity contribution in [1.82, 2.24) is 0 Å². The lowest BCUT2D eigenvalue weighted by Gasteiger charge is -2.08. The molecule has 3 heteroatoms. The number of fused-ring (bicyclic) bond motifs is 1. The van der Waals surface area contributed by atoms with Crippen LogP contribution in [0.3, 0.4) is 0 Å². The predicted molar refractivity (Wildman–Crippen MR) is 69.8 cm³/mol. The van der Waals surface area contributed by atoms with Gasteiger partial charge in [0.1, 0.15) is 18.2 Å². The highest BCUT2D eigenvalue weighted by Gasteiger charge is 2.19. The minimum Gasteiger partial charge on any atom is -0.489 e. The SMILES string of the molecule is O=C1CCc2cc(OCc3ccccc3F)ccc21. The third-order valence-electron chi connectivity index (χ3n) is 3.35. The Labute approximate surface area is 110 Å². The first-order chi connectivity index (χ1) is 9.24. The van der Waals surface area contributed by atoms with Gasteiger partial charge in [0, 0.05) is 17.5 Å². The van der Waals surface area contributed by atoms with Gasteiger partial charge in [-0.25, -0.2) is 4.39 Å². The molecule has 0 aliphatic heterocycles. The van der Waals surface area contributed by atoms with Crippen LogP contribution in [0.15, 0.2) is 42.5 Å². The van der Waals surface area contributed by atoms with E-state index in [9.17, 15) is 9.18 Å². The summed E-state index contributed by atoms with van der Waals surface area (Å²) in [5.74, 6) is 0.603. The molecule has 0 saturated heterocycles. The van der Waals surface area contributed by atoms with Crippen molar-refractivity contribution in [2.24, 2.45) is 0 Å². The predicted octanol–water partition coefficient (Wildman–Crippen LogP) is 3.53. The Kier molecular flexibility index (Phi) is 3.03. The molecular formula is C16H13FO2. The average molecular weight is 256 g/mol. The standard InChI is InChI=1S/C16H13FO2/c17-15-4-2-1-3-12(15)10-19-13-6-7-14-11(9-13)5-8-16(14)18/h1-4,6-7,9H,5,8,10H2. The van der Waals surface area contributed by atoms with Crippen LogP contribution in [0.5, 0.6) is 5.75 Å². The van der Waals surface area contributed by atoms with Gasteiger partial charge in [0.05, 0.1) is 0 Å². The van der Waals surface area contributed by atoms with Gasteiger partial charge in [-0.2, -0.15) is 0 Å². The lowest BCUT2D eigenvalue weighted by atomic mass is 10.1. The minimum absolute atomic E-state index is 0.190. The highest BCUT2D eigenvalue weighted by atomic mass is 19.1. The first kappa shape index (κ1) is 11.9. The number of carbonyl (C=O) groups is 1. The maximum atomic E-state index is 13.4. The Morgan fingerprint density at radius 2 is 1.95 bits per heavy atom. The molecule has 2 aromatic carbocycles. The van der Waals surface area contributed by atoms with Crippen LogP contribution in [0.2, 0.25) is 0 Å². The van der Waals surface area contributed by atoms with Crippen LogP contribution in [0.4, 0.5) is 4.39 Å². The number of hydrogen-bond acceptors (Lipinski definition) is 2. The molecule has 3 rings (SSSR count). The Bertz CT molecular complexity index is 634. The van der Waals surface area contributed by atoms with Crippen molar-refractivity contribution >= 4 is 5.78 Å². The zero-order chi connectivity index (χ0) is 13.2. The van der Waals surface area contributed by atoms with Gasteiger partial charge in [-0.15, -0.1) is 0 Å². The summed E-state index contributed by atoms with van der Waals surface area (Å²) in [6.45, 7) is 0.194. The van der Waals surface area contributed by atoms with E-state index in [0.29, 0.717) is 17.7 Å². The van der Waals surface area contributed by atoms with E-state index in [-0.39, 0.29) is 18.2 Å². The van der Waals surface area contributed by atoms with Gasteiger partial charge in [-0.05, 0) is 36.2 Å². The molecule has 0 saturated carbocycles. The van der Waals surface area contributed by atoms with E-state index in [1.165, 1.54) is 6.07 Å². The van der Waals surface area contributed by atoms with Crippen molar-refractivity contribution in [3.05, 3.63) is 65.0 Å². The lowest BCUT2D eigenvalue weighted by Crippen LogP contribution is -1.99. The normalized spacial score (nSPS) is 13.4. The molecule has 0 heterocycles. The van der Waals surface area contributed by atoms with E-state index in [1.54, 1.807) is 30.3 Å². The van der Waals surface area contributed by atoms with E-state index < -0.39 is 0 Å². The van der Waals surface area contributed by atoms with E-state index in [0.717, 1.165) is 17.5 Å². The highest BCUT2D eigenvalue weighted by Crippen LogP contribution is 2.26. The molecular weight excluding hydrogens is 243 g/mol. The van der Waals surface area contributed by atoms with Crippen molar-refractivity contribution in [1.29, 1.82) is 0 Å². The Morgan fingerprint density at radius 1 is 1.11 bits per heavy atom. The number of Topliss-reactive ketones (excluding diaryl/α,β-unsaturated/α-hetero) is 1. The van der Waals surface area contributed by atoms with Crippen molar-refractivity contribution in [2.75, 3.05) is 0 Å². The average Bonchev–Trinajstić information content (AvgIpc) is 2.79. The molecule has 2 nitrogen and oxygen atoms in total. The monoisotopic (exact) mass is 256 g/mol. The lowest BCUT2D eigenvalue weighted by molar-refractivity contribution is 0.0994. The molecule has 0 fully saturated rings. The number of benzene rings is 2. The second kappa shape index (κ2) is 4.84. The second-order valence-electron chi connectivity index (χ2n) is 4.62. The largest absolute Gasteiger partial charge is 0.489 e. The molecule has 0 amide bonds. The molecule has 1 aliphatic carbocycles. The summed E-state index contributed by atoms with van der Waals surface area (Å²) in [6, 6.07) is 12.0. The molecule has 19 heavy (non-hydrogen) atoms. The molecule has 1 aliphatic rings.